The Hall–Kier alpha value is -1.19. The van der Waals surface area contributed by atoms with Crippen molar-refractivity contribution in [2.24, 2.45) is 5.73 Å². The predicted octanol–water partition coefficient (Wildman–Crippen LogP) is 4.25. The van der Waals surface area contributed by atoms with Crippen LogP contribution in [0.25, 0.3) is 0 Å². The van der Waals surface area contributed by atoms with Crippen LogP contribution in [-0.2, 0) is 0 Å². The van der Waals surface area contributed by atoms with Crippen molar-refractivity contribution in [3.63, 3.8) is 0 Å². The molecular formula is C15H15BrFN. The normalized spacial score (nSPS) is 12.5. The maximum Gasteiger partial charge on any atom is 0.126 e. The molecule has 2 aromatic rings. The number of rotatable bonds is 2. The summed E-state index contributed by atoms with van der Waals surface area (Å²) >= 11 is 3.43. The second kappa shape index (κ2) is 5.21. The Bertz CT molecular complexity index is 581. The fourth-order valence-corrected chi connectivity index (χ4v) is 2.31. The van der Waals surface area contributed by atoms with E-state index in [0.717, 1.165) is 21.2 Å². The zero-order valence-corrected chi connectivity index (χ0v) is 12.0. The number of benzene rings is 2. The standard InChI is InChI=1S/C15H15BrFN/c1-9-4-6-12(16)8-13(9)15(18)11-5-3-10(2)14(17)7-11/h3-8,15H,18H2,1-2H3. The summed E-state index contributed by atoms with van der Waals surface area (Å²) in [5.74, 6) is -0.212. The largest absolute Gasteiger partial charge is 0.320 e. The smallest absolute Gasteiger partial charge is 0.126 e. The van der Waals surface area contributed by atoms with E-state index < -0.39 is 0 Å². The highest BCUT2D eigenvalue weighted by Crippen LogP contribution is 2.26. The Morgan fingerprint density at radius 2 is 1.72 bits per heavy atom. The summed E-state index contributed by atoms with van der Waals surface area (Å²) in [5.41, 5.74) is 9.76. The van der Waals surface area contributed by atoms with Gasteiger partial charge in [-0.15, -0.1) is 0 Å². The SMILES string of the molecule is Cc1ccc(C(N)c2cc(Br)ccc2C)cc1F. The molecule has 0 aliphatic rings. The maximum atomic E-state index is 13.6. The van der Waals surface area contributed by atoms with Gasteiger partial charge in [0.2, 0.25) is 0 Å². The van der Waals surface area contributed by atoms with Crippen LogP contribution >= 0.6 is 15.9 Å². The molecule has 0 bridgehead atoms. The van der Waals surface area contributed by atoms with Crippen molar-refractivity contribution in [2.45, 2.75) is 19.9 Å². The molecule has 0 aliphatic heterocycles. The van der Waals surface area contributed by atoms with E-state index in [0.29, 0.717) is 5.56 Å². The summed E-state index contributed by atoms with van der Waals surface area (Å²) in [5, 5.41) is 0. The first kappa shape index (κ1) is 13.2. The van der Waals surface area contributed by atoms with Crippen LogP contribution in [-0.4, -0.2) is 0 Å². The number of halogens is 2. The van der Waals surface area contributed by atoms with Gasteiger partial charge in [-0.3, -0.25) is 0 Å². The van der Waals surface area contributed by atoms with Crippen LogP contribution in [0.2, 0.25) is 0 Å². The molecule has 1 atom stereocenters. The fraction of sp³-hybridized carbons (Fsp3) is 0.200. The quantitative estimate of drug-likeness (QED) is 0.881. The zero-order valence-electron chi connectivity index (χ0n) is 10.4. The minimum Gasteiger partial charge on any atom is -0.320 e. The minimum absolute atomic E-state index is 0.212. The zero-order chi connectivity index (χ0) is 13.3. The van der Waals surface area contributed by atoms with E-state index >= 15 is 0 Å². The van der Waals surface area contributed by atoms with Crippen LogP contribution in [0.15, 0.2) is 40.9 Å². The molecule has 0 saturated heterocycles. The number of hydrogen-bond donors (Lipinski definition) is 1. The van der Waals surface area contributed by atoms with Crippen LogP contribution in [0.1, 0.15) is 28.3 Å². The van der Waals surface area contributed by atoms with Gasteiger partial charge in [-0.1, -0.05) is 34.1 Å². The molecule has 1 unspecified atom stereocenters. The molecule has 0 amide bonds. The fourth-order valence-electron chi connectivity index (χ4n) is 1.93. The Labute approximate surface area is 115 Å². The van der Waals surface area contributed by atoms with E-state index in [2.05, 4.69) is 15.9 Å². The summed E-state index contributed by atoms with van der Waals surface area (Å²) in [7, 11) is 0. The van der Waals surface area contributed by atoms with E-state index in [1.54, 1.807) is 13.0 Å². The molecule has 0 radical (unpaired) electrons. The van der Waals surface area contributed by atoms with Crippen molar-refractivity contribution < 1.29 is 4.39 Å². The van der Waals surface area contributed by atoms with Gasteiger partial charge in [-0.25, -0.2) is 4.39 Å². The second-order valence-electron chi connectivity index (χ2n) is 4.49. The Balaban J connectivity index is 2.44. The molecule has 2 N–H and O–H groups in total. The van der Waals surface area contributed by atoms with E-state index in [-0.39, 0.29) is 11.9 Å². The van der Waals surface area contributed by atoms with Gasteiger partial charge < -0.3 is 5.73 Å². The summed E-state index contributed by atoms with van der Waals surface area (Å²) in [4.78, 5) is 0. The van der Waals surface area contributed by atoms with Gasteiger partial charge in [-0.05, 0) is 54.3 Å². The Morgan fingerprint density at radius 1 is 1.06 bits per heavy atom. The third-order valence-corrected chi connectivity index (χ3v) is 3.62. The van der Waals surface area contributed by atoms with Crippen LogP contribution in [0.3, 0.4) is 0 Å². The van der Waals surface area contributed by atoms with Gasteiger partial charge >= 0.3 is 0 Å². The molecule has 0 spiro atoms. The summed E-state index contributed by atoms with van der Waals surface area (Å²) in [6.45, 7) is 3.75. The van der Waals surface area contributed by atoms with E-state index in [1.807, 2.05) is 31.2 Å². The van der Waals surface area contributed by atoms with Gasteiger partial charge in [0.05, 0.1) is 6.04 Å². The Kier molecular flexibility index (Phi) is 3.83. The van der Waals surface area contributed by atoms with Crippen LogP contribution in [0.4, 0.5) is 4.39 Å². The van der Waals surface area contributed by atoms with Crippen molar-refractivity contribution >= 4 is 15.9 Å². The van der Waals surface area contributed by atoms with Crippen LogP contribution in [0, 0.1) is 19.7 Å². The van der Waals surface area contributed by atoms with Gasteiger partial charge in [0.1, 0.15) is 5.82 Å². The number of aryl methyl sites for hydroxylation is 2. The van der Waals surface area contributed by atoms with Crippen molar-refractivity contribution in [2.75, 3.05) is 0 Å². The highest BCUT2D eigenvalue weighted by Gasteiger charge is 2.13. The summed E-state index contributed by atoms with van der Waals surface area (Å²) < 4.78 is 14.5. The van der Waals surface area contributed by atoms with E-state index in [1.165, 1.54) is 6.07 Å². The summed E-state index contributed by atoms with van der Waals surface area (Å²) in [6, 6.07) is 10.8. The maximum absolute atomic E-state index is 13.6. The van der Waals surface area contributed by atoms with Crippen molar-refractivity contribution in [1.29, 1.82) is 0 Å². The van der Waals surface area contributed by atoms with Crippen molar-refractivity contribution in [3.05, 3.63) is 68.9 Å². The molecule has 0 heterocycles. The highest BCUT2D eigenvalue weighted by atomic mass is 79.9. The molecule has 0 saturated carbocycles. The van der Waals surface area contributed by atoms with Crippen LogP contribution < -0.4 is 5.73 Å². The molecule has 0 aromatic heterocycles. The highest BCUT2D eigenvalue weighted by molar-refractivity contribution is 9.10. The van der Waals surface area contributed by atoms with E-state index in [4.69, 9.17) is 5.73 Å². The van der Waals surface area contributed by atoms with E-state index in [9.17, 15) is 4.39 Å². The van der Waals surface area contributed by atoms with Crippen LogP contribution in [0.5, 0.6) is 0 Å². The first-order chi connectivity index (χ1) is 8.49. The minimum atomic E-state index is -0.308. The lowest BCUT2D eigenvalue weighted by Crippen LogP contribution is -2.13. The molecule has 2 aromatic carbocycles. The summed E-state index contributed by atoms with van der Waals surface area (Å²) in [6.07, 6.45) is 0. The predicted molar refractivity (Wildman–Crippen MR) is 76.0 cm³/mol. The first-order valence-electron chi connectivity index (χ1n) is 5.76. The van der Waals surface area contributed by atoms with Crippen molar-refractivity contribution in [1.82, 2.24) is 0 Å². The molecular weight excluding hydrogens is 293 g/mol. The monoisotopic (exact) mass is 307 g/mol. The average molecular weight is 308 g/mol. The lowest BCUT2D eigenvalue weighted by atomic mass is 9.95. The van der Waals surface area contributed by atoms with Gasteiger partial charge in [0.15, 0.2) is 0 Å². The van der Waals surface area contributed by atoms with Gasteiger partial charge in [-0.2, -0.15) is 0 Å². The lowest BCUT2D eigenvalue weighted by Gasteiger charge is -2.16. The Morgan fingerprint density at radius 3 is 2.39 bits per heavy atom. The molecule has 94 valence electrons. The van der Waals surface area contributed by atoms with Crippen molar-refractivity contribution in [3.8, 4) is 0 Å². The third kappa shape index (κ3) is 2.62. The molecule has 0 fully saturated rings. The third-order valence-electron chi connectivity index (χ3n) is 3.13. The van der Waals surface area contributed by atoms with Gasteiger partial charge in [0, 0.05) is 4.47 Å². The first-order valence-corrected chi connectivity index (χ1v) is 6.56. The van der Waals surface area contributed by atoms with Gasteiger partial charge in [0.25, 0.3) is 0 Å². The average Bonchev–Trinajstić information content (AvgIpc) is 2.35. The number of hydrogen-bond acceptors (Lipinski definition) is 1. The molecule has 18 heavy (non-hydrogen) atoms. The molecule has 0 aliphatic carbocycles. The molecule has 3 heteroatoms. The molecule has 1 nitrogen and oxygen atoms in total. The lowest BCUT2D eigenvalue weighted by molar-refractivity contribution is 0.614. The topological polar surface area (TPSA) is 26.0 Å². The molecule has 2 rings (SSSR count). The second-order valence-corrected chi connectivity index (χ2v) is 5.40. The number of nitrogens with two attached hydrogens (primary N) is 1.